The molecule has 0 aliphatic carbocycles. The molecule has 1 aliphatic heterocycles. The van der Waals surface area contributed by atoms with Crippen molar-refractivity contribution < 1.29 is 4.79 Å². The smallest absolute Gasteiger partial charge is 0.275 e. The number of benzene rings is 2. The Kier molecular flexibility index (Phi) is 5.83. The molecule has 1 aliphatic rings. The normalized spacial score (nSPS) is 14.8. The van der Waals surface area contributed by atoms with Crippen LogP contribution in [0.4, 0.5) is 0 Å². The minimum atomic E-state index is -0.251. The van der Waals surface area contributed by atoms with E-state index < -0.39 is 0 Å². The topological polar surface area (TPSA) is 67.2 Å². The molecule has 0 saturated carbocycles. The van der Waals surface area contributed by atoms with Crippen LogP contribution in [0.15, 0.2) is 77.0 Å². The maximum Gasteiger partial charge on any atom is 0.275 e. The van der Waals surface area contributed by atoms with Crippen molar-refractivity contribution in [2.24, 2.45) is 0 Å². The fourth-order valence-corrected chi connectivity index (χ4v) is 5.20. The maximum atomic E-state index is 12.7. The quantitative estimate of drug-likeness (QED) is 0.495. The lowest BCUT2D eigenvalue weighted by Crippen LogP contribution is -2.42. The molecule has 4 aromatic rings. The van der Waals surface area contributed by atoms with Gasteiger partial charge in [-0.3, -0.25) is 14.5 Å². The van der Waals surface area contributed by atoms with Crippen molar-refractivity contribution >= 4 is 28.0 Å². The fourth-order valence-electron chi connectivity index (χ4n) is 4.31. The number of thiophene rings is 1. The highest BCUT2D eigenvalue weighted by molar-refractivity contribution is 7.10. The fraction of sp³-hybridized carbons (Fsp3) is 0.240. The summed E-state index contributed by atoms with van der Waals surface area (Å²) >= 11 is 1.82. The third kappa shape index (κ3) is 4.22. The molecular formula is C25H24N4O2S. The number of hydrogen-bond acceptors (Lipinski definition) is 5. The van der Waals surface area contributed by atoms with Crippen LogP contribution in [-0.4, -0.2) is 33.7 Å². The van der Waals surface area contributed by atoms with Gasteiger partial charge >= 0.3 is 0 Å². The van der Waals surface area contributed by atoms with Crippen LogP contribution in [0.3, 0.4) is 0 Å². The molecule has 2 aromatic heterocycles. The van der Waals surface area contributed by atoms with E-state index in [1.807, 2.05) is 47.7 Å². The molecule has 5 rings (SSSR count). The molecule has 0 fully saturated rings. The zero-order valence-electron chi connectivity index (χ0n) is 17.6. The molecule has 1 atom stereocenters. The average Bonchev–Trinajstić information content (AvgIpc) is 3.30. The van der Waals surface area contributed by atoms with Crippen molar-refractivity contribution in [3.8, 4) is 0 Å². The number of carbonyl (C=O) groups excluding carboxylic acids is 1. The second-order valence-electron chi connectivity index (χ2n) is 8.01. The lowest BCUT2D eigenvalue weighted by molar-refractivity contribution is -0.122. The summed E-state index contributed by atoms with van der Waals surface area (Å²) in [6.07, 6.45) is 2.66. The molecule has 1 unspecified atom stereocenters. The van der Waals surface area contributed by atoms with Crippen LogP contribution in [0.5, 0.6) is 0 Å². The molecule has 162 valence electrons. The molecule has 32 heavy (non-hydrogen) atoms. The van der Waals surface area contributed by atoms with Gasteiger partial charge < -0.3 is 5.32 Å². The summed E-state index contributed by atoms with van der Waals surface area (Å²) in [5.41, 5.74) is 2.30. The minimum Gasteiger partial charge on any atom is -0.353 e. The van der Waals surface area contributed by atoms with Crippen molar-refractivity contribution in [2.75, 3.05) is 13.1 Å². The average molecular weight is 445 g/mol. The molecule has 6 nitrogen and oxygen atoms in total. The summed E-state index contributed by atoms with van der Waals surface area (Å²) in [6.45, 7) is 2.21. The SMILES string of the molecule is O=C(Cn1ncc2ccccc2c1=O)NCC(c1ccccc1)N1CCc2sccc2C1. The van der Waals surface area contributed by atoms with E-state index in [1.54, 1.807) is 12.3 Å². The zero-order chi connectivity index (χ0) is 21.9. The largest absolute Gasteiger partial charge is 0.353 e. The van der Waals surface area contributed by atoms with Gasteiger partial charge in [0.15, 0.2) is 0 Å². The summed E-state index contributed by atoms with van der Waals surface area (Å²) in [5.74, 6) is -0.218. The molecule has 0 radical (unpaired) electrons. The van der Waals surface area contributed by atoms with Gasteiger partial charge in [0.05, 0.1) is 17.6 Å². The molecule has 1 amide bonds. The maximum absolute atomic E-state index is 12.7. The van der Waals surface area contributed by atoms with Crippen molar-refractivity contribution in [3.63, 3.8) is 0 Å². The highest BCUT2D eigenvalue weighted by Crippen LogP contribution is 2.30. The first-order valence-electron chi connectivity index (χ1n) is 10.7. The molecule has 0 bridgehead atoms. The van der Waals surface area contributed by atoms with Crippen molar-refractivity contribution in [2.45, 2.75) is 25.6 Å². The molecule has 2 aromatic carbocycles. The molecule has 0 spiro atoms. The van der Waals surface area contributed by atoms with Gasteiger partial charge in [-0.25, -0.2) is 4.68 Å². The Labute approximate surface area is 190 Å². The van der Waals surface area contributed by atoms with E-state index in [2.05, 4.69) is 38.9 Å². The lowest BCUT2D eigenvalue weighted by Gasteiger charge is -2.35. The number of amides is 1. The van der Waals surface area contributed by atoms with Gasteiger partial charge in [0.1, 0.15) is 6.54 Å². The van der Waals surface area contributed by atoms with Gasteiger partial charge in [0.25, 0.3) is 5.56 Å². The van der Waals surface area contributed by atoms with Gasteiger partial charge in [-0.2, -0.15) is 5.10 Å². The summed E-state index contributed by atoms with van der Waals surface area (Å²) < 4.78 is 1.23. The van der Waals surface area contributed by atoms with Crippen molar-refractivity contribution in [1.29, 1.82) is 0 Å². The Balaban J connectivity index is 1.31. The Morgan fingerprint density at radius 1 is 1.09 bits per heavy atom. The van der Waals surface area contributed by atoms with E-state index in [4.69, 9.17) is 0 Å². The van der Waals surface area contributed by atoms with E-state index in [0.717, 1.165) is 24.9 Å². The number of nitrogens with zero attached hydrogens (tertiary/aromatic N) is 3. The van der Waals surface area contributed by atoms with Gasteiger partial charge in [0, 0.05) is 29.9 Å². The highest BCUT2D eigenvalue weighted by Gasteiger charge is 2.26. The molecular weight excluding hydrogens is 420 g/mol. The standard InChI is InChI=1S/C25H24N4O2S/c30-24(17-29-25(31)21-9-5-4-8-19(21)14-27-29)26-15-22(18-6-2-1-3-7-18)28-12-10-23-20(16-28)11-13-32-23/h1-9,11,13-14,22H,10,12,15-17H2,(H,26,30). The molecule has 0 saturated heterocycles. The van der Waals surface area contributed by atoms with Crippen molar-refractivity contribution in [3.05, 3.63) is 98.6 Å². The predicted molar refractivity (Wildman–Crippen MR) is 127 cm³/mol. The Morgan fingerprint density at radius 2 is 1.91 bits per heavy atom. The van der Waals surface area contributed by atoms with Gasteiger partial charge in [-0.15, -0.1) is 11.3 Å². The Morgan fingerprint density at radius 3 is 2.78 bits per heavy atom. The Hall–Kier alpha value is -3.29. The lowest BCUT2D eigenvalue weighted by atomic mass is 10.0. The summed E-state index contributed by atoms with van der Waals surface area (Å²) in [6, 6.07) is 19.8. The first kappa shape index (κ1) is 20.6. The van der Waals surface area contributed by atoms with E-state index >= 15 is 0 Å². The third-order valence-corrected chi connectivity index (χ3v) is 7.03. The second-order valence-corrected chi connectivity index (χ2v) is 9.02. The number of hydrogen-bond donors (Lipinski definition) is 1. The number of aromatic nitrogens is 2. The van der Waals surface area contributed by atoms with E-state index in [-0.39, 0.29) is 24.1 Å². The molecule has 3 heterocycles. The number of rotatable bonds is 6. The number of carbonyl (C=O) groups is 1. The van der Waals surface area contributed by atoms with E-state index in [9.17, 15) is 9.59 Å². The minimum absolute atomic E-state index is 0.0643. The van der Waals surface area contributed by atoms with E-state index in [0.29, 0.717) is 11.9 Å². The van der Waals surface area contributed by atoms with Crippen LogP contribution >= 0.6 is 11.3 Å². The van der Waals surface area contributed by atoms with Gasteiger partial charge in [-0.05, 0) is 35.1 Å². The molecule has 1 N–H and O–H groups in total. The predicted octanol–water partition coefficient (Wildman–Crippen LogP) is 3.37. The number of fused-ring (bicyclic) bond motifs is 2. The molecule has 7 heteroatoms. The summed E-state index contributed by atoms with van der Waals surface area (Å²) in [7, 11) is 0. The Bertz CT molecular complexity index is 1300. The van der Waals surface area contributed by atoms with Crippen LogP contribution < -0.4 is 10.9 Å². The van der Waals surface area contributed by atoms with Gasteiger partial charge in [-0.1, -0.05) is 48.5 Å². The zero-order valence-corrected chi connectivity index (χ0v) is 18.4. The van der Waals surface area contributed by atoms with Crippen LogP contribution in [-0.2, 0) is 24.3 Å². The first-order chi connectivity index (χ1) is 15.7. The number of nitrogens with one attached hydrogen (secondary N) is 1. The highest BCUT2D eigenvalue weighted by atomic mass is 32.1. The third-order valence-electron chi connectivity index (χ3n) is 6.01. The van der Waals surface area contributed by atoms with Crippen LogP contribution in [0, 0.1) is 0 Å². The van der Waals surface area contributed by atoms with Crippen LogP contribution in [0.25, 0.3) is 10.8 Å². The van der Waals surface area contributed by atoms with Crippen molar-refractivity contribution in [1.82, 2.24) is 20.0 Å². The monoisotopic (exact) mass is 444 g/mol. The van der Waals surface area contributed by atoms with E-state index in [1.165, 1.54) is 20.7 Å². The summed E-state index contributed by atoms with van der Waals surface area (Å²) in [5, 5.41) is 10.7. The summed E-state index contributed by atoms with van der Waals surface area (Å²) in [4.78, 5) is 29.3. The van der Waals surface area contributed by atoms with Crippen LogP contribution in [0.2, 0.25) is 0 Å². The van der Waals surface area contributed by atoms with Gasteiger partial charge in [0.2, 0.25) is 5.91 Å². The van der Waals surface area contributed by atoms with Crippen LogP contribution in [0.1, 0.15) is 22.0 Å². The first-order valence-corrected chi connectivity index (χ1v) is 11.6. The second kappa shape index (κ2) is 9.06.